The van der Waals surface area contributed by atoms with Crippen LogP contribution in [0.3, 0.4) is 0 Å². The van der Waals surface area contributed by atoms with Crippen LogP contribution in [0.15, 0.2) is 47.0 Å². The van der Waals surface area contributed by atoms with Gasteiger partial charge in [-0.15, -0.1) is 0 Å². The van der Waals surface area contributed by atoms with Crippen molar-refractivity contribution in [1.82, 2.24) is 4.98 Å². The Labute approximate surface area is 103 Å². The Kier molecular flexibility index (Phi) is 2.41. The van der Waals surface area contributed by atoms with E-state index >= 15 is 0 Å². The zero-order valence-corrected chi connectivity index (χ0v) is 9.77. The third-order valence-corrected chi connectivity index (χ3v) is 2.85. The zero-order valence-electron chi connectivity index (χ0n) is 9.77. The van der Waals surface area contributed by atoms with E-state index in [1.165, 1.54) is 7.11 Å². The van der Waals surface area contributed by atoms with Crippen LogP contribution in [0.2, 0.25) is 0 Å². The summed E-state index contributed by atoms with van der Waals surface area (Å²) in [5.74, 6) is 0.381. The fourth-order valence-corrected chi connectivity index (χ4v) is 1.97. The number of furan rings is 1. The van der Waals surface area contributed by atoms with E-state index in [1.54, 1.807) is 12.1 Å². The topological polar surface area (TPSA) is 55.2 Å². The molecule has 2 aromatic heterocycles. The van der Waals surface area contributed by atoms with Crippen molar-refractivity contribution >= 4 is 16.9 Å². The lowest BCUT2D eigenvalue weighted by molar-refractivity contribution is 0.0566. The molecule has 0 aliphatic carbocycles. The lowest BCUT2D eigenvalue weighted by Crippen LogP contribution is -1.98. The van der Waals surface area contributed by atoms with E-state index in [0.29, 0.717) is 5.76 Å². The molecule has 2 heterocycles. The third kappa shape index (κ3) is 1.59. The molecule has 4 nitrogen and oxygen atoms in total. The maximum absolute atomic E-state index is 11.3. The molecule has 4 heteroatoms. The molecule has 0 aliphatic rings. The molecule has 3 rings (SSSR count). The number of H-pyrrole nitrogens is 1. The van der Waals surface area contributed by atoms with E-state index in [-0.39, 0.29) is 5.76 Å². The minimum Gasteiger partial charge on any atom is -0.463 e. The summed E-state index contributed by atoms with van der Waals surface area (Å²) < 4.78 is 10.1. The van der Waals surface area contributed by atoms with Gasteiger partial charge < -0.3 is 14.1 Å². The van der Waals surface area contributed by atoms with Crippen LogP contribution in [-0.2, 0) is 4.74 Å². The van der Waals surface area contributed by atoms with Crippen LogP contribution in [0.5, 0.6) is 0 Å². The van der Waals surface area contributed by atoms with Gasteiger partial charge in [0.1, 0.15) is 5.76 Å². The summed E-state index contributed by atoms with van der Waals surface area (Å²) in [5, 5.41) is 1.06. The van der Waals surface area contributed by atoms with Crippen molar-refractivity contribution in [1.29, 1.82) is 0 Å². The van der Waals surface area contributed by atoms with Crippen LogP contribution in [0.4, 0.5) is 0 Å². The van der Waals surface area contributed by atoms with E-state index in [1.807, 2.05) is 30.5 Å². The Bertz CT molecular complexity index is 708. The summed E-state index contributed by atoms with van der Waals surface area (Å²) in [4.78, 5) is 14.5. The van der Waals surface area contributed by atoms with Crippen LogP contribution in [-0.4, -0.2) is 18.1 Å². The van der Waals surface area contributed by atoms with Gasteiger partial charge in [0.15, 0.2) is 0 Å². The van der Waals surface area contributed by atoms with Crippen LogP contribution in [0.25, 0.3) is 22.2 Å². The highest BCUT2D eigenvalue weighted by Gasteiger charge is 2.14. The van der Waals surface area contributed by atoms with Gasteiger partial charge >= 0.3 is 5.97 Å². The second kappa shape index (κ2) is 4.07. The van der Waals surface area contributed by atoms with E-state index in [9.17, 15) is 4.79 Å². The number of carbonyl (C=O) groups is 1. The molecular formula is C14H11NO3. The van der Waals surface area contributed by atoms with Crippen molar-refractivity contribution in [3.63, 3.8) is 0 Å². The van der Waals surface area contributed by atoms with Crippen molar-refractivity contribution in [2.45, 2.75) is 0 Å². The number of esters is 1. The van der Waals surface area contributed by atoms with Crippen molar-refractivity contribution in [2.24, 2.45) is 0 Å². The Balaban J connectivity index is 2.09. The van der Waals surface area contributed by atoms with Gasteiger partial charge in [-0.05, 0) is 18.2 Å². The average molecular weight is 241 g/mol. The minimum atomic E-state index is -0.471. The highest BCUT2D eigenvalue weighted by molar-refractivity contribution is 5.95. The highest BCUT2D eigenvalue weighted by atomic mass is 16.5. The maximum Gasteiger partial charge on any atom is 0.373 e. The van der Waals surface area contributed by atoms with Crippen LogP contribution in [0, 0.1) is 0 Å². The number of hydrogen-bond donors (Lipinski definition) is 1. The van der Waals surface area contributed by atoms with Crippen LogP contribution in [0.1, 0.15) is 10.6 Å². The molecule has 1 N–H and O–H groups in total. The molecule has 0 saturated heterocycles. The molecule has 0 amide bonds. The fourth-order valence-electron chi connectivity index (χ4n) is 1.97. The minimum absolute atomic E-state index is 0.206. The fraction of sp³-hybridized carbons (Fsp3) is 0.0714. The number of ether oxygens (including phenoxy) is 1. The van der Waals surface area contributed by atoms with E-state index in [0.717, 1.165) is 16.5 Å². The average Bonchev–Trinajstić information content (AvgIpc) is 3.03. The van der Waals surface area contributed by atoms with E-state index in [2.05, 4.69) is 9.72 Å². The predicted molar refractivity (Wildman–Crippen MR) is 67.3 cm³/mol. The quantitative estimate of drug-likeness (QED) is 0.701. The van der Waals surface area contributed by atoms with Gasteiger partial charge in [-0.1, -0.05) is 18.2 Å². The summed E-state index contributed by atoms with van der Waals surface area (Å²) in [6.45, 7) is 0. The molecule has 0 bridgehead atoms. The number of benzene rings is 1. The maximum atomic E-state index is 11.3. The lowest BCUT2D eigenvalue weighted by Gasteiger charge is -1.95. The van der Waals surface area contributed by atoms with Gasteiger partial charge in [0.05, 0.1) is 7.11 Å². The Morgan fingerprint density at radius 3 is 2.89 bits per heavy atom. The molecule has 0 radical (unpaired) electrons. The molecule has 0 fully saturated rings. The smallest absolute Gasteiger partial charge is 0.373 e. The monoisotopic (exact) mass is 241 g/mol. The van der Waals surface area contributed by atoms with E-state index in [4.69, 9.17) is 4.42 Å². The number of hydrogen-bond acceptors (Lipinski definition) is 3. The summed E-state index contributed by atoms with van der Waals surface area (Å²) >= 11 is 0. The second-order valence-electron chi connectivity index (χ2n) is 3.90. The molecule has 0 aliphatic heterocycles. The number of nitrogens with one attached hydrogen (secondary N) is 1. The van der Waals surface area contributed by atoms with Gasteiger partial charge in [0, 0.05) is 22.7 Å². The van der Waals surface area contributed by atoms with Gasteiger partial charge in [-0.25, -0.2) is 4.79 Å². The summed E-state index contributed by atoms with van der Waals surface area (Å²) in [5.41, 5.74) is 1.96. The third-order valence-electron chi connectivity index (χ3n) is 2.85. The SMILES string of the molecule is COC(=O)c1ccc(-c2c[nH]c3ccccc23)o1. The first kappa shape index (κ1) is 10.7. The normalized spacial score (nSPS) is 10.7. The largest absolute Gasteiger partial charge is 0.463 e. The highest BCUT2D eigenvalue weighted by Crippen LogP contribution is 2.29. The molecule has 0 spiro atoms. The number of methoxy groups -OCH3 is 1. The summed E-state index contributed by atoms with van der Waals surface area (Å²) in [7, 11) is 1.33. The molecule has 0 atom stereocenters. The molecule has 0 unspecified atom stereocenters. The molecular weight excluding hydrogens is 230 g/mol. The van der Waals surface area contributed by atoms with Crippen molar-refractivity contribution < 1.29 is 13.9 Å². The standard InChI is InChI=1S/C14H11NO3/c1-17-14(16)13-7-6-12(18-13)10-8-15-11-5-3-2-4-9(10)11/h2-8,15H,1H3. The number of rotatable bonds is 2. The van der Waals surface area contributed by atoms with E-state index < -0.39 is 5.97 Å². The molecule has 90 valence electrons. The summed E-state index contributed by atoms with van der Waals surface area (Å²) in [6.07, 6.45) is 1.87. The number of aromatic amines is 1. The number of para-hydroxylation sites is 1. The van der Waals surface area contributed by atoms with Crippen molar-refractivity contribution in [2.75, 3.05) is 7.11 Å². The zero-order chi connectivity index (χ0) is 12.5. The first-order valence-electron chi connectivity index (χ1n) is 5.54. The lowest BCUT2D eigenvalue weighted by atomic mass is 10.1. The van der Waals surface area contributed by atoms with Gasteiger partial charge in [0.25, 0.3) is 0 Å². The summed E-state index contributed by atoms with van der Waals surface area (Å²) in [6, 6.07) is 11.3. The number of carbonyl (C=O) groups excluding carboxylic acids is 1. The van der Waals surface area contributed by atoms with Gasteiger partial charge in [0.2, 0.25) is 5.76 Å². The molecule has 3 aromatic rings. The van der Waals surface area contributed by atoms with Crippen LogP contribution < -0.4 is 0 Å². The first-order chi connectivity index (χ1) is 8.79. The number of aromatic nitrogens is 1. The van der Waals surface area contributed by atoms with Crippen molar-refractivity contribution in [3.8, 4) is 11.3 Å². The van der Waals surface area contributed by atoms with Gasteiger partial charge in [-0.2, -0.15) is 0 Å². The first-order valence-corrected chi connectivity index (χ1v) is 5.54. The Hall–Kier alpha value is -2.49. The van der Waals surface area contributed by atoms with Crippen LogP contribution >= 0.6 is 0 Å². The molecule has 18 heavy (non-hydrogen) atoms. The predicted octanol–water partition coefficient (Wildman–Crippen LogP) is 3.21. The Morgan fingerprint density at radius 2 is 2.06 bits per heavy atom. The van der Waals surface area contributed by atoms with Gasteiger partial charge in [-0.3, -0.25) is 0 Å². The van der Waals surface area contributed by atoms with Crippen molar-refractivity contribution in [3.05, 3.63) is 48.4 Å². The second-order valence-corrected chi connectivity index (χ2v) is 3.90. The molecule has 1 aromatic carbocycles. The Morgan fingerprint density at radius 1 is 1.22 bits per heavy atom. The molecule has 0 saturated carbocycles. The number of fused-ring (bicyclic) bond motifs is 1.